The van der Waals surface area contributed by atoms with E-state index in [0.717, 1.165) is 12.8 Å². The molecule has 1 aliphatic carbocycles. The van der Waals surface area contributed by atoms with Gasteiger partial charge < -0.3 is 4.90 Å². The van der Waals surface area contributed by atoms with Gasteiger partial charge in [0.15, 0.2) is 6.29 Å². The molecule has 3 heteroatoms. The maximum absolute atomic E-state index is 13.8. The van der Waals surface area contributed by atoms with Crippen LogP contribution >= 0.6 is 0 Å². The normalized spacial score (nSPS) is 16.6. The third-order valence-corrected chi connectivity index (χ3v) is 3.78. The number of anilines is 1. The number of carbonyl (C=O) groups is 1. The van der Waals surface area contributed by atoms with Crippen molar-refractivity contribution in [2.45, 2.75) is 32.1 Å². The lowest BCUT2D eigenvalue weighted by Gasteiger charge is -2.29. The van der Waals surface area contributed by atoms with Gasteiger partial charge in [-0.15, -0.1) is 0 Å². The fraction of sp³-hybridized carbons (Fsp3) is 0.533. The molecule has 0 spiro atoms. The summed E-state index contributed by atoms with van der Waals surface area (Å²) < 4.78 is 13.8. The predicted octanol–water partition coefficient (Wildman–Crippen LogP) is 3.65. The van der Waals surface area contributed by atoms with E-state index in [2.05, 4.69) is 0 Å². The number of nitrogens with zero attached hydrogens (tertiary/aromatic N) is 1. The van der Waals surface area contributed by atoms with Crippen molar-refractivity contribution in [2.75, 3.05) is 18.5 Å². The van der Waals surface area contributed by atoms with E-state index in [-0.39, 0.29) is 5.82 Å². The van der Waals surface area contributed by atoms with Crippen LogP contribution in [0.2, 0.25) is 0 Å². The van der Waals surface area contributed by atoms with Gasteiger partial charge in [0.2, 0.25) is 0 Å². The fourth-order valence-corrected chi connectivity index (χ4v) is 2.88. The van der Waals surface area contributed by atoms with Crippen molar-refractivity contribution >= 4 is 12.0 Å². The van der Waals surface area contributed by atoms with Crippen molar-refractivity contribution in [3.8, 4) is 0 Å². The molecular weight excluding hydrogens is 229 g/mol. The lowest BCUT2D eigenvalue weighted by atomic mass is 9.89. The highest BCUT2D eigenvalue weighted by atomic mass is 19.1. The van der Waals surface area contributed by atoms with Gasteiger partial charge in [0.1, 0.15) is 5.82 Å². The molecule has 0 aliphatic heterocycles. The summed E-state index contributed by atoms with van der Waals surface area (Å²) in [6.45, 7) is 0.835. The van der Waals surface area contributed by atoms with Crippen LogP contribution in [-0.4, -0.2) is 19.9 Å². The quantitative estimate of drug-likeness (QED) is 0.759. The van der Waals surface area contributed by atoms with E-state index in [0.29, 0.717) is 17.2 Å². The van der Waals surface area contributed by atoms with E-state index >= 15 is 0 Å². The molecule has 1 aromatic carbocycles. The van der Waals surface area contributed by atoms with Crippen LogP contribution in [0, 0.1) is 11.7 Å². The van der Waals surface area contributed by atoms with Gasteiger partial charge in [-0.05, 0) is 30.9 Å². The van der Waals surface area contributed by atoms with E-state index in [1.807, 2.05) is 11.9 Å². The first-order valence-corrected chi connectivity index (χ1v) is 6.67. The third-order valence-electron chi connectivity index (χ3n) is 3.78. The second-order valence-electron chi connectivity index (χ2n) is 5.18. The topological polar surface area (TPSA) is 20.3 Å². The lowest BCUT2D eigenvalue weighted by Crippen LogP contribution is -2.28. The summed E-state index contributed by atoms with van der Waals surface area (Å²) in [6, 6.07) is 4.67. The van der Waals surface area contributed by atoms with Gasteiger partial charge in [0.05, 0.1) is 5.69 Å². The first-order valence-electron chi connectivity index (χ1n) is 6.67. The number of rotatable bonds is 4. The number of aldehydes is 1. The Labute approximate surface area is 108 Å². The fourth-order valence-electron chi connectivity index (χ4n) is 2.88. The van der Waals surface area contributed by atoms with Gasteiger partial charge in [-0.25, -0.2) is 4.39 Å². The van der Waals surface area contributed by atoms with Gasteiger partial charge in [0.25, 0.3) is 0 Å². The van der Waals surface area contributed by atoms with E-state index in [4.69, 9.17) is 0 Å². The second kappa shape index (κ2) is 5.98. The van der Waals surface area contributed by atoms with Crippen molar-refractivity contribution in [1.29, 1.82) is 0 Å². The molecule has 1 aromatic rings. The first kappa shape index (κ1) is 13.1. The molecule has 98 valence electrons. The number of carbonyl (C=O) groups excluding carboxylic acids is 1. The highest BCUT2D eigenvalue weighted by Gasteiger charge is 2.19. The van der Waals surface area contributed by atoms with Gasteiger partial charge >= 0.3 is 0 Å². The summed E-state index contributed by atoms with van der Waals surface area (Å²) in [6.07, 6.45) is 7.03. The van der Waals surface area contributed by atoms with E-state index in [1.54, 1.807) is 12.1 Å². The molecular formula is C15H20FNO. The molecule has 0 amide bonds. The maximum atomic E-state index is 13.8. The van der Waals surface area contributed by atoms with Crippen molar-refractivity contribution in [3.05, 3.63) is 29.6 Å². The van der Waals surface area contributed by atoms with Crippen LogP contribution in [0.5, 0.6) is 0 Å². The smallest absolute Gasteiger partial charge is 0.152 e. The molecule has 0 saturated heterocycles. The first-order chi connectivity index (χ1) is 8.72. The monoisotopic (exact) mass is 249 g/mol. The van der Waals surface area contributed by atoms with Crippen LogP contribution in [0.15, 0.2) is 18.2 Å². The van der Waals surface area contributed by atoms with Crippen LogP contribution in [-0.2, 0) is 0 Å². The average Bonchev–Trinajstić information content (AvgIpc) is 2.39. The zero-order valence-corrected chi connectivity index (χ0v) is 10.9. The third kappa shape index (κ3) is 2.89. The Morgan fingerprint density at radius 3 is 2.72 bits per heavy atom. The van der Waals surface area contributed by atoms with Crippen LogP contribution < -0.4 is 4.90 Å². The minimum Gasteiger partial charge on any atom is -0.371 e. The van der Waals surface area contributed by atoms with Crippen molar-refractivity contribution in [1.82, 2.24) is 0 Å². The van der Waals surface area contributed by atoms with Gasteiger partial charge in [-0.1, -0.05) is 25.3 Å². The van der Waals surface area contributed by atoms with E-state index < -0.39 is 0 Å². The minimum absolute atomic E-state index is 0.307. The Morgan fingerprint density at radius 1 is 1.33 bits per heavy atom. The summed E-state index contributed by atoms with van der Waals surface area (Å²) in [5.41, 5.74) is 0.881. The molecule has 2 rings (SSSR count). The van der Waals surface area contributed by atoms with Crippen LogP contribution in [0.3, 0.4) is 0 Å². The summed E-state index contributed by atoms with van der Waals surface area (Å²) >= 11 is 0. The molecule has 1 saturated carbocycles. The molecule has 0 heterocycles. The Bertz CT molecular complexity index is 413. The van der Waals surface area contributed by atoms with Crippen LogP contribution in [0.4, 0.5) is 10.1 Å². The zero-order valence-electron chi connectivity index (χ0n) is 10.9. The molecule has 0 atom stereocenters. The summed E-state index contributed by atoms with van der Waals surface area (Å²) in [4.78, 5) is 12.9. The highest BCUT2D eigenvalue weighted by molar-refractivity contribution is 5.84. The summed E-state index contributed by atoms with van der Waals surface area (Å²) in [5.74, 6) is 0.320. The van der Waals surface area contributed by atoms with Crippen molar-refractivity contribution < 1.29 is 9.18 Å². The Balaban J connectivity index is 2.12. The summed E-state index contributed by atoms with van der Waals surface area (Å²) in [7, 11) is 1.88. The molecule has 0 N–H and O–H groups in total. The standard InChI is InChI=1S/C15H20FNO/c1-17(10-12-6-3-2-4-7-12)15-13(11-18)8-5-9-14(15)16/h5,8-9,11-12H,2-4,6-7,10H2,1H3. The lowest BCUT2D eigenvalue weighted by molar-refractivity contribution is 0.112. The maximum Gasteiger partial charge on any atom is 0.152 e. The molecule has 0 bridgehead atoms. The molecule has 2 nitrogen and oxygen atoms in total. The second-order valence-corrected chi connectivity index (χ2v) is 5.18. The predicted molar refractivity (Wildman–Crippen MR) is 71.6 cm³/mol. The van der Waals surface area contributed by atoms with Gasteiger partial charge in [-0.3, -0.25) is 4.79 Å². The van der Waals surface area contributed by atoms with Crippen LogP contribution in [0.1, 0.15) is 42.5 Å². The van der Waals surface area contributed by atoms with Crippen LogP contribution in [0.25, 0.3) is 0 Å². The highest BCUT2D eigenvalue weighted by Crippen LogP contribution is 2.28. The van der Waals surface area contributed by atoms with Crippen molar-refractivity contribution in [3.63, 3.8) is 0 Å². The SMILES string of the molecule is CN(CC1CCCCC1)c1c(F)cccc1C=O. The largest absolute Gasteiger partial charge is 0.371 e. The molecule has 1 fully saturated rings. The Morgan fingerprint density at radius 2 is 2.06 bits per heavy atom. The zero-order chi connectivity index (χ0) is 13.0. The molecule has 0 aromatic heterocycles. The minimum atomic E-state index is -0.307. The number of para-hydroxylation sites is 1. The van der Waals surface area contributed by atoms with Gasteiger partial charge in [-0.2, -0.15) is 0 Å². The van der Waals surface area contributed by atoms with Crippen molar-refractivity contribution in [2.24, 2.45) is 5.92 Å². The Kier molecular flexibility index (Phi) is 4.34. The summed E-state index contributed by atoms with van der Waals surface area (Å²) in [5, 5.41) is 0. The van der Waals surface area contributed by atoms with Gasteiger partial charge in [0, 0.05) is 19.2 Å². The molecule has 0 unspecified atom stereocenters. The van der Waals surface area contributed by atoms with E-state index in [1.165, 1.54) is 38.2 Å². The molecule has 1 aliphatic rings. The van der Waals surface area contributed by atoms with E-state index in [9.17, 15) is 9.18 Å². The number of hydrogen-bond acceptors (Lipinski definition) is 2. The number of benzene rings is 1. The Hall–Kier alpha value is -1.38. The molecule has 18 heavy (non-hydrogen) atoms. The number of halogens is 1. The average molecular weight is 249 g/mol. The number of hydrogen-bond donors (Lipinski definition) is 0. The molecule has 0 radical (unpaired) electrons.